The molecule has 1 aliphatic carbocycles. The van der Waals surface area contributed by atoms with Crippen molar-refractivity contribution in [2.45, 2.75) is 25.3 Å². The smallest absolute Gasteiger partial charge is 0.272 e. The molecule has 1 heterocycles. The van der Waals surface area contributed by atoms with Crippen LogP contribution >= 0.6 is 11.6 Å². The molecule has 3 rings (SSSR count). The van der Waals surface area contributed by atoms with Crippen LogP contribution in [0.4, 0.5) is 0 Å². The zero-order valence-electron chi connectivity index (χ0n) is 11.4. The van der Waals surface area contributed by atoms with Crippen molar-refractivity contribution in [3.05, 3.63) is 41.0 Å². The van der Waals surface area contributed by atoms with Gasteiger partial charge in [0, 0.05) is 18.0 Å². The molecule has 1 amide bonds. The van der Waals surface area contributed by atoms with Crippen LogP contribution in [-0.2, 0) is 0 Å². The van der Waals surface area contributed by atoms with Crippen LogP contribution in [0.25, 0.3) is 10.9 Å². The SMILES string of the molecule is N#CCCN(C(=O)c1cc(Cl)c2ccccc2n1)C1CC1. The van der Waals surface area contributed by atoms with Gasteiger partial charge >= 0.3 is 0 Å². The number of benzene rings is 1. The van der Waals surface area contributed by atoms with Gasteiger partial charge in [-0.1, -0.05) is 29.8 Å². The van der Waals surface area contributed by atoms with E-state index in [1.165, 1.54) is 0 Å². The molecule has 21 heavy (non-hydrogen) atoms. The van der Waals surface area contributed by atoms with Crippen molar-refractivity contribution < 1.29 is 4.79 Å². The Morgan fingerprint density at radius 1 is 1.43 bits per heavy atom. The molecule has 0 unspecified atom stereocenters. The minimum absolute atomic E-state index is 0.139. The van der Waals surface area contributed by atoms with Gasteiger partial charge in [-0.2, -0.15) is 5.26 Å². The summed E-state index contributed by atoms with van der Waals surface area (Å²) in [7, 11) is 0. The summed E-state index contributed by atoms with van der Waals surface area (Å²) in [5.74, 6) is -0.139. The third kappa shape index (κ3) is 2.84. The quantitative estimate of drug-likeness (QED) is 0.869. The Balaban J connectivity index is 1.95. The average Bonchev–Trinajstić information content (AvgIpc) is 3.32. The molecule has 0 atom stereocenters. The molecule has 1 aliphatic rings. The summed E-state index contributed by atoms with van der Waals surface area (Å²) < 4.78 is 0. The van der Waals surface area contributed by atoms with Gasteiger partial charge in [-0.05, 0) is 25.0 Å². The van der Waals surface area contributed by atoms with Gasteiger partial charge in [0.2, 0.25) is 0 Å². The fraction of sp³-hybridized carbons (Fsp3) is 0.312. The summed E-state index contributed by atoms with van der Waals surface area (Å²) in [5.41, 5.74) is 1.06. The molecule has 5 heteroatoms. The first-order valence-corrected chi connectivity index (χ1v) is 7.31. The Morgan fingerprint density at radius 3 is 2.90 bits per heavy atom. The van der Waals surface area contributed by atoms with Crippen LogP contribution in [0.5, 0.6) is 0 Å². The normalized spacial score (nSPS) is 13.9. The van der Waals surface area contributed by atoms with Crippen LogP contribution in [0.15, 0.2) is 30.3 Å². The standard InChI is InChI=1S/C16H14ClN3O/c17-13-10-15(19-14-5-2-1-4-12(13)14)16(21)20(9-3-8-18)11-6-7-11/h1-2,4-5,10-11H,3,6-7,9H2. The zero-order valence-corrected chi connectivity index (χ0v) is 12.2. The van der Waals surface area contributed by atoms with Gasteiger partial charge in [0.1, 0.15) is 5.69 Å². The number of carbonyl (C=O) groups excluding carboxylic acids is 1. The predicted octanol–water partition coefficient (Wildman–Crippen LogP) is 3.41. The van der Waals surface area contributed by atoms with E-state index in [4.69, 9.17) is 16.9 Å². The van der Waals surface area contributed by atoms with Crippen molar-refractivity contribution in [2.24, 2.45) is 0 Å². The minimum atomic E-state index is -0.139. The highest BCUT2D eigenvalue weighted by molar-refractivity contribution is 6.35. The lowest BCUT2D eigenvalue weighted by atomic mass is 10.2. The summed E-state index contributed by atoms with van der Waals surface area (Å²) >= 11 is 6.25. The molecule has 4 nitrogen and oxygen atoms in total. The van der Waals surface area contributed by atoms with Crippen molar-refractivity contribution in [3.63, 3.8) is 0 Å². The van der Waals surface area contributed by atoms with E-state index in [9.17, 15) is 4.79 Å². The predicted molar refractivity (Wildman–Crippen MR) is 81.0 cm³/mol. The van der Waals surface area contributed by atoms with E-state index in [0.29, 0.717) is 29.2 Å². The molecule has 0 aliphatic heterocycles. The molecule has 1 aromatic heterocycles. The molecular formula is C16H14ClN3O. The van der Waals surface area contributed by atoms with Gasteiger partial charge < -0.3 is 4.90 Å². The van der Waals surface area contributed by atoms with E-state index in [2.05, 4.69) is 11.1 Å². The summed E-state index contributed by atoms with van der Waals surface area (Å²) in [5, 5.41) is 10.1. The van der Waals surface area contributed by atoms with Crippen LogP contribution in [0, 0.1) is 11.3 Å². The number of hydrogen-bond donors (Lipinski definition) is 0. The molecule has 106 valence electrons. The van der Waals surface area contributed by atoms with E-state index in [1.54, 1.807) is 11.0 Å². The Bertz CT molecular complexity index is 734. The first kappa shape index (κ1) is 13.8. The molecule has 0 N–H and O–H groups in total. The molecule has 1 saturated carbocycles. The highest BCUT2D eigenvalue weighted by atomic mass is 35.5. The topological polar surface area (TPSA) is 57.0 Å². The first-order chi connectivity index (χ1) is 10.2. The lowest BCUT2D eigenvalue weighted by Crippen LogP contribution is -2.34. The molecule has 2 aromatic rings. The Morgan fingerprint density at radius 2 is 2.19 bits per heavy atom. The van der Waals surface area contributed by atoms with E-state index in [0.717, 1.165) is 18.2 Å². The highest BCUT2D eigenvalue weighted by Crippen LogP contribution is 2.29. The Labute approximate surface area is 127 Å². The summed E-state index contributed by atoms with van der Waals surface area (Å²) in [6, 6.07) is 11.4. The highest BCUT2D eigenvalue weighted by Gasteiger charge is 2.33. The second-order valence-electron chi connectivity index (χ2n) is 5.14. The maximum absolute atomic E-state index is 12.6. The van der Waals surface area contributed by atoms with Gasteiger partial charge in [0.15, 0.2) is 0 Å². The lowest BCUT2D eigenvalue weighted by molar-refractivity contribution is 0.0741. The number of rotatable bonds is 4. The first-order valence-electron chi connectivity index (χ1n) is 6.94. The van der Waals surface area contributed by atoms with Gasteiger partial charge in [-0.25, -0.2) is 4.98 Å². The van der Waals surface area contributed by atoms with Crippen LogP contribution in [0.2, 0.25) is 5.02 Å². The fourth-order valence-corrected chi connectivity index (χ4v) is 2.66. The number of carbonyl (C=O) groups is 1. The number of nitrogens with zero attached hydrogens (tertiary/aromatic N) is 3. The van der Waals surface area contributed by atoms with Gasteiger partial charge in [-0.15, -0.1) is 0 Å². The summed E-state index contributed by atoms with van der Waals surface area (Å²) in [6.45, 7) is 0.451. The zero-order chi connectivity index (χ0) is 14.8. The van der Waals surface area contributed by atoms with Crippen molar-refractivity contribution >= 4 is 28.4 Å². The van der Waals surface area contributed by atoms with Crippen LogP contribution in [-0.4, -0.2) is 28.4 Å². The molecular weight excluding hydrogens is 286 g/mol. The second kappa shape index (κ2) is 5.71. The Kier molecular flexibility index (Phi) is 3.76. The monoisotopic (exact) mass is 299 g/mol. The number of fused-ring (bicyclic) bond motifs is 1. The van der Waals surface area contributed by atoms with Crippen molar-refractivity contribution in [1.29, 1.82) is 5.26 Å². The number of aromatic nitrogens is 1. The second-order valence-corrected chi connectivity index (χ2v) is 5.55. The van der Waals surface area contributed by atoms with Crippen LogP contribution in [0.1, 0.15) is 29.8 Å². The summed E-state index contributed by atoms with van der Waals surface area (Å²) in [4.78, 5) is 18.8. The molecule has 0 radical (unpaired) electrons. The molecule has 1 fully saturated rings. The molecule has 1 aromatic carbocycles. The maximum Gasteiger partial charge on any atom is 0.272 e. The molecule has 0 spiro atoms. The van der Waals surface area contributed by atoms with Crippen molar-refractivity contribution in [2.75, 3.05) is 6.54 Å². The van der Waals surface area contributed by atoms with Crippen LogP contribution < -0.4 is 0 Å². The van der Waals surface area contributed by atoms with Crippen molar-refractivity contribution in [1.82, 2.24) is 9.88 Å². The maximum atomic E-state index is 12.6. The fourth-order valence-electron chi connectivity index (χ4n) is 2.40. The Hall–Kier alpha value is -2.12. The van der Waals surface area contributed by atoms with Gasteiger partial charge in [0.25, 0.3) is 5.91 Å². The van der Waals surface area contributed by atoms with E-state index in [-0.39, 0.29) is 11.9 Å². The van der Waals surface area contributed by atoms with E-state index in [1.807, 2.05) is 24.3 Å². The third-order valence-electron chi connectivity index (χ3n) is 3.60. The number of pyridine rings is 1. The van der Waals surface area contributed by atoms with Gasteiger partial charge in [0.05, 0.1) is 23.0 Å². The largest absolute Gasteiger partial charge is 0.333 e. The van der Waals surface area contributed by atoms with E-state index >= 15 is 0 Å². The lowest BCUT2D eigenvalue weighted by Gasteiger charge is -2.21. The number of amides is 1. The minimum Gasteiger partial charge on any atom is -0.333 e. The average molecular weight is 300 g/mol. The number of para-hydroxylation sites is 1. The van der Waals surface area contributed by atoms with Crippen molar-refractivity contribution in [3.8, 4) is 6.07 Å². The number of nitriles is 1. The molecule has 0 saturated heterocycles. The number of halogens is 1. The number of hydrogen-bond acceptors (Lipinski definition) is 3. The van der Waals surface area contributed by atoms with E-state index < -0.39 is 0 Å². The van der Waals surface area contributed by atoms with Gasteiger partial charge in [-0.3, -0.25) is 4.79 Å². The summed E-state index contributed by atoms with van der Waals surface area (Å²) in [6.07, 6.45) is 2.33. The molecule has 0 bridgehead atoms. The third-order valence-corrected chi connectivity index (χ3v) is 3.91. The van der Waals surface area contributed by atoms with Crippen LogP contribution in [0.3, 0.4) is 0 Å².